The average molecular weight is 298 g/mol. The summed E-state index contributed by atoms with van der Waals surface area (Å²) in [6.07, 6.45) is 3.00. The summed E-state index contributed by atoms with van der Waals surface area (Å²) < 4.78 is 4.95. The van der Waals surface area contributed by atoms with E-state index in [2.05, 4.69) is 21.8 Å². The molecular weight excluding hydrogens is 286 g/mol. The highest BCUT2D eigenvalue weighted by atomic mass is 35.5. The van der Waals surface area contributed by atoms with Crippen molar-refractivity contribution >= 4 is 40.1 Å². The summed E-state index contributed by atoms with van der Waals surface area (Å²) >= 11 is 7.22. The molecule has 0 amide bonds. The molecule has 1 aliphatic rings. The molecule has 0 radical (unpaired) electrons. The van der Waals surface area contributed by atoms with Crippen LogP contribution in [0.3, 0.4) is 0 Å². The molecule has 3 rings (SSSR count). The van der Waals surface area contributed by atoms with E-state index < -0.39 is 5.63 Å². The van der Waals surface area contributed by atoms with E-state index in [9.17, 15) is 4.79 Å². The molecule has 0 N–H and O–H groups in total. The topological polar surface area (TPSA) is 59.2 Å². The highest BCUT2D eigenvalue weighted by molar-refractivity contribution is 7.98. The molecule has 1 fully saturated rings. The van der Waals surface area contributed by atoms with E-state index in [1.54, 1.807) is 6.07 Å². The van der Waals surface area contributed by atoms with Gasteiger partial charge in [0.2, 0.25) is 0 Å². The van der Waals surface area contributed by atoms with Crippen LogP contribution in [0.4, 0.5) is 5.82 Å². The SMILES string of the molecule is CSc1nc(N2CC[C@H]2C)c2c(=O)oc(Cl)cc2n1. The van der Waals surface area contributed by atoms with E-state index in [-0.39, 0.29) is 5.22 Å². The lowest BCUT2D eigenvalue weighted by Gasteiger charge is -2.40. The monoisotopic (exact) mass is 297 g/mol. The van der Waals surface area contributed by atoms with Crippen molar-refractivity contribution in [1.82, 2.24) is 9.97 Å². The van der Waals surface area contributed by atoms with Crippen LogP contribution in [-0.4, -0.2) is 28.8 Å². The van der Waals surface area contributed by atoms with Crippen LogP contribution < -0.4 is 10.5 Å². The number of aromatic nitrogens is 2. The second kappa shape index (κ2) is 4.68. The van der Waals surface area contributed by atoms with Gasteiger partial charge in [-0.2, -0.15) is 0 Å². The summed E-state index contributed by atoms with van der Waals surface area (Å²) in [6.45, 7) is 3.00. The van der Waals surface area contributed by atoms with Crippen molar-refractivity contribution in [2.24, 2.45) is 0 Å². The van der Waals surface area contributed by atoms with Crippen LogP contribution in [0.5, 0.6) is 0 Å². The zero-order valence-electron chi connectivity index (χ0n) is 10.5. The molecule has 0 unspecified atom stereocenters. The largest absolute Gasteiger partial charge is 0.410 e. The molecule has 100 valence electrons. The molecular formula is C12H12ClN3O2S. The minimum absolute atomic E-state index is 0.0471. The Morgan fingerprint density at radius 2 is 2.32 bits per heavy atom. The van der Waals surface area contributed by atoms with Crippen LogP contribution >= 0.6 is 23.4 Å². The van der Waals surface area contributed by atoms with E-state index in [1.807, 2.05) is 6.26 Å². The van der Waals surface area contributed by atoms with Crippen LogP contribution in [0.2, 0.25) is 5.22 Å². The van der Waals surface area contributed by atoms with E-state index in [0.29, 0.717) is 27.9 Å². The van der Waals surface area contributed by atoms with Crippen LogP contribution in [-0.2, 0) is 0 Å². The van der Waals surface area contributed by atoms with Crippen LogP contribution in [0.25, 0.3) is 10.9 Å². The Balaban J connectivity index is 2.31. The minimum Gasteiger partial charge on any atom is -0.410 e. The first-order valence-electron chi connectivity index (χ1n) is 5.92. The summed E-state index contributed by atoms with van der Waals surface area (Å²) in [6, 6.07) is 1.94. The van der Waals surface area contributed by atoms with Gasteiger partial charge in [0.05, 0.1) is 5.52 Å². The number of thioether (sulfide) groups is 1. The standard InChI is InChI=1S/C12H12ClN3O2S/c1-6-3-4-16(6)10-9-7(14-12(15-10)19-2)5-8(13)18-11(9)17/h5-6H,3-4H2,1-2H3/t6-/m1/s1. The van der Waals surface area contributed by atoms with Crippen molar-refractivity contribution in [1.29, 1.82) is 0 Å². The maximum absolute atomic E-state index is 12.0. The summed E-state index contributed by atoms with van der Waals surface area (Å²) in [7, 11) is 0. The third-order valence-electron chi connectivity index (χ3n) is 3.32. The van der Waals surface area contributed by atoms with Gasteiger partial charge in [-0.15, -0.1) is 0 Å². The summed E-state index contributed by atoms with van der Waals surface area (Å²) in [5.41, 5.74) is 0.0546. The number of anilines is 1. The van der Waals surface area contributed by atoms with Crippen LogP contribution in [0.1, 0.15) is 13.3 Å². The highest BCUT2D eigenvalue weighted by Gasteiger charge is 2.28. The second-order valence-corrected chi connectivity index (χ2v) is 5.61. The smallest absolute Gasteiger partial charge is 0.350 e. The molecule has 1 atom stereocenters. The van der Waals surface area contributed by atoms with E-state index in [1.165, 1.54) is 11.8 Å². The predicted molar refractivity (Wildman–Crippen MR) is 76.3 cm³/mol. The van der Waals surface area contributed by atoms with Gasteiger partial charge in [0, 0.05) is 18.7 Å². The maximum Gasteiger partial charge on any atom is 0.350 e. The maximum atomic E-state index is 12.0. The lowest BCUT2D eigenvalue weighted by molar-refractivity contribution is 0.474. The molecule has 0 spiro atoms. The highest BCUT2D eigenvalue weighted by Crippen LogP contribution is 2.31. The predicted octanol–water partition coefficient (Wildman–Crippen LogP) is 2.56. The minimum atomic E-state index is -0.482. The molecule has 1 saturated heterocycles. The molecule has 2 aromatic heterocycles. The molecule has 5 nitrogen and oxygen atoms in total. The first kappa shape index (κ1) is 12.7. The zero-order valence-corrected chi connectivity index (χ0v) is 12.1. The first-order valence-corrected chi connectivity index (χ1v) is 7.52. The number of rotatable bonds is 2. The van der Waals surface area contributed by atoms with E-state index >= 15 is 0 Å². The third-order valence-corrected chi connectivity index (χ3v) is 4.05. The van der Waals surface area contributed by atoms with Crippen molar-refractivity contribution in [3.8, 4) is 0 Å². The Labute approximate surface area is 119 Å². The van der Waals surface area contributed by atoms with Gasteiger partial charge in [0.1, 0.15) is 11.2 Å². The van der Waals surface area contributed by atoms with Crippen molar-refractivity contribution in [2.45, 2.75) is 24.5 Å². The van der Waals surface area contributed by atoms with Crippen molar-refractivity contribution in [3.63, 3.8) is 0 Å². The zero-order chi connectivity index (χ0) is 13.6. The van der Waals surface area contributed by atoms with Gasteiger partial charge in [-0.1, -0.05) is 11.8 Å². The number of hydrogen-bond acceptors (Lipinski definition) is 6. The molecule has 0 bridgehead atoms. The van der Waals surface area contributed by atoms with Gasteiger partial charge in [-0.25, -0.2) is 14.8 Å². The molecule has 0 aromatic carbocycles. The fraction of sp³-hybridized carbons (Fsp3) is 0.417. The van der Waals surface area contributed by atoms with Crippen molar-refractivity contribution in [3.05, 3.63) is 21.7 Å². The molecule has 2 aromatic rings. The Bertz CT molecular complexity index is 703. The lowest BCUT2D eigenvalue weighted by atomic mass is 10.1. The van der Waals surface area contributed by atoms with Gasteiger partial charge in [-0.3, -0.25) is 0 Å². The Kier molecular flexibility index (Phi) is 3.14. The van der Waals surface area contributed by atoms with Gasteiger partial charge < -0.3 is 9.32 Å². The van der Waals surface area contributed by atoms with Crippen LogP contribution in [0, 0.1) is 0 Å². The van der Waals surface area contributed by atoms with Crippen molar-refractivity contribution in [2.75, 3.05) is 17.7 Å². The number of halogens is 1. The number of nitrogens with zero attached hydrogens (tertiary/aromatic N) is 3. The third kappa shape index (κ3) is 2.08. The molecule has 19 heavy (non-hydrogen) atoms. The Hall–Kier alpha value is -1.27. The fourth-order valence-electron chi connectivity index (χ4n) is 2.15. The average Bonchev–Trinajstić information content (AvgIpc) is 2.35. The Morgan fingerprint density at radius 1 is 1.53 bits per heavy atom. The normalized spacial score (nSPS) is 18.7. The van der Waals surface area contributed by atoms with E-state index in [0.717, 1.165) is 13.0 Å². The summed E-state index contributed by atoms with van der Waals surface area (Å²) in [5, 5.41) is 1.09. The summed E-state index contributed by atoms with van der Waals surface area (Å²) in [5.74, 6) is 0.651. The van der Waals surface area contributed by atoms with E-state index in [4.69, 9.17) is 16.0 Å². The van der Waals surface area contributed by atoms with Crippen LogP contribution in [0.15, 0.2) is 20.4 Å². The summed E-state index contributed by atoms with van der Waals surface area (Å²) in [4.78, 5) is 22.9. The van der Waals surface area contributed by atoms with Gasteiger partial charge in [0.15, 0.2) is 10.4 Å². The number of fused-ring (bicyclic) bond motifs is 1. The van der Waals surface area contributed by atoms with Gasteiger partial charge in [-0.05, 0) is 31.2 Å². The fourth-order valence-corrected chi connectivity index (χ4v) is 2.69. The number of hydrogen-bond donors (Lipinski definition) is 0. The Morgan fingerprint density at radius 3 is 2.89 bits per heavy atom. The quantitative estimate of drug-likeness (QED) is 0.627. The molecule has 1 aliphatic heterocycles. The molecule has 3 heterocycles. The van der Waals surface area contributed by atoms with Crippen molar-refractivity contribution < 1.29 is 4.42 Å². The second-order valence-electron chi connectivity index (χ2n) is 4.46. The van der Waals surface area contributed by atoms with Gasteiger partial charge in [0.25, 0.3) is 0 Å². The van der Waals surface area contributed by atoms with Gasteiger partial charge >= 0.3 is 5.63 Å². The molecule has 7 heteroatoms. The lowest BCUT2D eigenvalue weighted by Crippen LogP contribution is -2.46. The first-order chi connectivity index (χ1) is 9.10. The molecule has 0 aliphatic carbocycles. The molecule has 0 saturated carbocycles.